The predicted octanol–water partition coefficient (Wildman–Crippen LogP) is 4.04. The summed E-state index contributed by atoms with van der Waals surface area (Å²) < 4.78 is 40.2. The van der Waals surface area contributed by atoms with E-state index >= 15 is 0 Å². The highest BCUT2D eigenvalue weighted by Crippen LogP contribution is 2.29. The maximum Gasteiger partial charge on any atom is 0.433 e. The first kappa shape index (κ1) is 19.8. The van der Waals surface area contributed by atoms with Crippen LogP contribution in [0.15, 0.2) is 42.9 Å². The number of alkyl halides is 3. The van der Waals surface area contributed by atoms with Crippen molar-refractivity contribution in [3.05, 3.63) is 54.1 Å². The molecule has 0 amide bonds. The van der Waals surface area contributed by atoms with Crippen LogP contribution in [-0.4, -0.2) is 31.5 Å². The first-order valence-corrected chi connectivity index (χ1v) is 8.67. The van der Waals surface area contributed by atoms with Crippen molar-refractivity contribution in [2.45, 2.75) is 26.6 Å². The zero-order chi connectivity index (χ0) is 20.3. The van der Waals surface area contributed by atoms with E-state index in [1.54, 1.807) is 23.0 Å². The summed E-state index contributed by atoms with van der Waals surface area (Å²) in [6.07, 6.45) is 0.119. The van der Waals surface area contributed by atoms with Gasteiger partial charge in [0.25, 0.3) is 0 Å². The number of hydrogen-bond acceptors (Lipinski definition) is 5. The normalized spacial score (nSPS) is 12.8. The molecule has 0 bridgehead atoms. The molecular weight excluding hydrogens is 371 g/mol. The predicted molar refractivity (Wildman–Crippen MR) is 99.0 cm³/mol. The molecule has 28 heavy (non-hydrogen) atoms. The number of aryl methyl sites for hydroxylation is 1. The van der Waals surface area contributed by atoms with E-state index < -0.39 is 11.9 Å². The summed E-state index contributed by atoms with van der Waals surface area (Å²) in [5, 5.41) is 16.3. The van der Waals surface area contributed by atoms with Crippen molar-refractivity contribution in [3.63, 3.8) is 0 Å². The molecule has 1 atom stereocenters. The minimum absolute atomic E-state index is 0.0741. The van der Waals surface area contributed by atoms with Gasteiger partial charge in [0.15, 0.2) is 0 Å². The van der Waals surface area contributed by atoms with Crippen molar-refractivity contribution in [2.24, 2.45) is 5.92 Å². The van der Waals surface area contributed by atoms with E-state index in [4.69, 9.17) is 0 Å². The monoisotopic (exact) mass is 391 g/mol. The highest BCUT2D eigenvalue weighted by atomic mass is 19.4. The van der Waals surface area contributed by atoms with Gasteiger partial charge < -0.3 is 10.4 Å². The highest BCUT2D eigenvalue weighted by Gasteiger charge is 2.32. The van der Waals surface area contributed by atoms with E-state index in [0.717, 1.165) is 29.0 Å². The Balaban J connectivity index is 1.84. The molecule has 0 aliphatic carbocycles. The van der Waals surface area contributed by atoms with Crippen LogP contribution >= 0.6 is 0 Å². The average Bonchev–Trinajstić information content (AvgIpc) is 3.09. The van der Waals surface area contributed by atoms with Crippen LogP contribution in [0.5, 0.6) is 0 Å². The molecule has 148 valence electrons. The average molecular weight is 391 g/mol. The molecular formula is C19H20F3N5O. The lowest BCUT2D eigenvalue weighted by atomic mass is 10.1. The first-order valence-electron chi connectivity index (χ1n) is 8.67. The molecule has 0 spiro atoms. The van der Waals surface area contributed by atoms with Gasteiger partial charge in [-0.3, -0.25) is 4.68 Å². The largest absolute Gasteiger partial charge is 0.433 e. The lowest BCUT2D eigenvalue weighted by Gasteiger charge is -2.10. The van der Waals surface area contributed by atoms with Gasteiger partial charge in [0.05, 0.1) is 6.20 Å². The minimum Gasteiger partial charge on any atom is -0.396 e. The molecule has 0 radical (unpaired) electrons. The molecule has 9 heteroatoms. The molecule has 0 unspecified atom stereocenters. The summed E-state index contributed by atoms with van der Waals surface area (Å²) in [7, 11) is 0. The fraction of sp³-hybridized carbons (Fsp3) is 0.316. The molecule has 1 aromatic carbocycles. The van der Waals surface area contributed by atoms with Crippen LogP contribution in [0.2, 0.25) is 0 Å². The van der Waals surface area contributed by atoms with E-state index in [9.17, 15) is 18.3 Å². The second-order valence-corrected chi connectivity index (χ2v) is 6.71. The van der Waals surface area contributed by atoms with Crippen molar-refractivity contribution in [1.82, 2.24) is 19.7 Å². The number of nitrogens with zero attached hydrogens (tertiary/aromatic N) is 4. The van der Waals surface area contributed by atoms with Crippen molar-refractivity contribution < 1.29 is 18.3 Å². The van der Waals surface area contributed by atoms with Gasteiger partial charge in [-0.2, -0.15) is 18.3 Å². The fourth-order valence-corrected chi connectivity index (χ4v) is 2.72. The number of aliphatic hydroxyl groups excluding tert-OH is 1. The summed E-state index contributed by atoms with van der Waals surface area (Å²) in [4.78, 5) is 7.39. The number of anilines is 2. The minimum atomic E-state index is -4.53. The molecule has 0 saturated carbocycles. The fourth-order valence-electron chi connectivity index (χ4n) is 2.72. The Bertz CT molecular complexity index is 955. The molecule has 3 rings (SSSR count). The Labute approximate surface area is 160 Å². The van der Waals surface area contributed by atoms with Crippen molar-refractivity contribution in [3.8, 4) is 11.1 Å². The van der Waals surface area contributed by atoms with Gasteiger partial charge in [-0.1, -0.05) is 13.0 Å². The maximum absolute atomic E-state index is 12.8. The third-order valence-electron chi connectivity index (χ3n) is 4.06. The molecule has 0 fully saturated rings. The quantitative estimate of drug-likeness (QED) is 0.663. The first-order chi connectivity index (χ1) is 13.2. The lowest BCUT2D eigenvalue weighted by molar-refractivity contribution is -0.141. The third-order valence-corrected chi connectivity index (χ3v) is 4.06. The van der Waals surface area contributed by atoms with E-state index in [1.807, 2.05) is 26.1 Å². The zero-order valence-corrected chi connectivity index (χ0v) is 15.4. The standard InChI is InChI=1S/C19H20F3N5O/c1-12-5-14(15-8-24-27(10-15)9-13(2)11-28)7-16(6-12)25-18-23-4-3-17(26-18)19(20,21)22/h3-8,10,13,28H,9,11H2,1-2H3,(H,23,25,26)/t13-/m0/s1. The summed E-state index contributed by atoms with van der Waals surface area (Å²) in [6, 6.07) is 6.38. The Morgan fingerprint density at radius 1 is 1.21 bits per heavy atom. The summed E-state index contributed by atoms with van der Waals surface area (Å²) in [5.74, 6) is -0.0422. The number of halogens is 3. The molecule has 3 aromatic rings. The molecule has 0 saturated heterocycles. The number of aliphatic hydroxyl groups is 1. The van der Waals surface area contributed by atoms with E-state index in [2.05, 4.69) is 20.4 Å². The van der Waals surface area contributed by atoms with E-state index in [0.29, 0.717) is 12.2 Å². The molecule has 0 aliphatic rings. The van der Waals surface area contributed by atoms with Gasteiger partial charge in [-0.15, -0.1) is 0 Å². The van der Waals surface area contributed by atoms with Crippen LogP contribution in [0.4, 0.5) is 24.8 Å². The smallest absolute Gasteiger partial charge is 0.396 e. The van der Waals surface area contributed by atoms with Gasteiger partial charge in [0, 0.05) is 36.8 Å². The van der Waals surface area contributed by atoms with Crippen LogP contribution in [0.3, 0.4) is 0 Å². The van der Waals surface area contributed by atoms with Gasteiger partial charge in [-0.25, -0.2) is 9.97 Å². The van der Waals surface area contributed by atoms with Gasteiger partial charge in [0.1, 0.15) is 5.69 Å². The van der Waals surface area contributed by atoms with Crippen molar-refractivity contribution >= 4 is 11.6 Å². The molecule has 2 aromatic heterocycles. The molecule has 6 nitrogen and oxygen atoms in total. The number of nitrogens with one attached hydrogen (secondary N) is 1. The zero-order valence-electron chi connectivity index (χ0n) is 15.4. The Hall–Kier alpha value is -2.94. The lowest BCUT2D eigenvalue weighted by Crippen LogP contribution is -2.11. The Kier molecular flexibility index (Phi) is 5.64. The summed E-state index contributed by atoms with van der Waals surface area (Å²) in [5.41, 5.74) is 2.21. The summed E-state index contributed by atoms with van der Waals surface area (Å²) >= 11 is 0. The number of benzene rings is 1. The Morgan fingerprint density at radius 3 is 2.71 bits per heavy atom. The number of rotatable bonds is 6. The topological polar surface area (TPSA) is 75.9 Å². The second-order valence-electron chi connectivity index (χ2n) is 6.71. The molecule has 2 heterocycles. The van der Waals surface area contributed by atoms with E-state index in [-0.39, 0.29) is 18.5 Å². The van der Waals surface area contributed by atoms with Crippen LogP contribution < -0.4 is 5.32 Å². The van der Waals surface area contributed by atoms with Crippen LogP contribution in [0, 0.1) is 12.8 Å². The van der Waals surface area contributed by atoms with Gasteiger partial charge >= 0.3 is 6.18 Å². The number of aromatic nitrogens is 4. The SMILES string of the molecule is Cc1cc(Nc2nccc(C(F)(F)F)n2)cc(-c2cnn(C[C@H](C)CO)c2)c1. The van der Waals surface area contributed by atoms with Crippen molar-refractivity contribution in [2.75, 3.05) is 11.9 Å². The number of hydrogen-bond donors (Lipinski definition) is 2. The van der Waals surface area contributed by atoms with Gasteiger partial charge in [-0.05, 0) is 42.2 Å². The molecule has 2 N–H and O–H groups in total. The maximum atomic E-state index is 12.8. The Morgan fingerprint density at radius 2 is 2.00 bits per heavy atom. The third kappa shape index (κ3) is 4.86. The van der Waals surface area contributed by atoms with Crippen LogP contribution in [0.25, 0.3) is 11.1 Å². The van der Waals surface area contributed by atoms with Crippen molar-refractivity contribution in [1.29, 1.82) is 0 Å². The second kappa shape index (κ2) is 7.97. The van der Waals surface area contributed by atoms with Crippen LogP contribution in [-0.2, 0) is 12.7 Å². The van der Waals surface area contributed by atoms with E-state index in [1.165, 1.54) is 0 Å². The van der Waals surface area contributed by atoms with Crippen LogP contribution in [0.1, 0.15) is 18.2 Å². The van der Waals surface area contributed by atoms with Gasteiger partial charge in [0.2, 0.25) is 5.95 Å². The summed E-state index contributed by atoms with van der Waals surface area (Å²) in [6.45, 7) is 4.47. The molecule has 0 aliphatic heterocycles. The highest BCUT2D eigenvalue weighted by molar-refractivity contribution is 5.70.